The lowest BCUT2D eigenvalue weighted by Crippen LogP contribution is -2.47. The molecule has 1 aromatic carbocycles. The van der Waals surface area contributed by atoms with Crippen molar-refractivity contribution in [2.24, 2.45) is 0 Å². The van der Waals surface area contributed by atoms with Crippen LogP contribution in [0.5, 0.6) is 0 Å². The topological polar surface area (TPSA) is 43.9 Å². The van der Waals surface area contributed by atoms with Crippen LogP contribution in [0.25, 0.3) is 5.57 Å². The molecule has 0 N–H and O–H groups in total. The van der Waals surface area contributed by atoms with E-state index in [1.54, 1.807) is 0 Å². The average Bonchev–Trinajstić information content (AvgIpc) is 2.91. The molecule has 1 aromatic rings. The molecule has 0 saturated carbocycles. The number of hydrogen-bond acceptors (Lipinski definition) is 4. The number of amides is 2. The molecule has 25 heavy (non-hydrogen) atoms. The third-order valence-electron chi connectivity index (χ3n) is 5.08. The van der Waals surface area contributed by atoms with Gasteiger partial charge in [0.2, 0.25) is 0 Å². The molecule has 2 aliphatic heterocycles. The fraction of sp³-hybridized carbons (Fsp3) is 0.500. The van der Waals surface area contributed by atoms with Crippen LogP contribution >= 0.6 is 0 Å². The van der Waals surface area contributed by atoms with Crippen molar-refractivity contribution in [3.63, 3.8) is 0 Å². The number of nitrogens with zero attached hydrogens (tertiary/aromatic N) is 3. The molecule has 0 bridgehead atoms. The van der Waals surface area contributed by atoms with Gasteiger partial charge in [-0.3, -0.25) is 14.5 Å². The van der Waals surface area contributed by atoms with E-state index in [9.17, 15) is 9.59 Å². The van der Waals surface area contributed by atoms with Gasteiger partial charge in [-0.2, -0.15) is 0 Å². The number of carbonyl (C=O) groups is 2. The number of likely N-dealkylation sites (N-methyl/N-ethyl adjacent to an activating group) is 1. The lowest BCUT2D eigenvalue weighted by Gasteiger charge is -2.36. The van der Waals surface area contributed by atoms with Gasteiger partial charge in [-0.1, -0.05) is 50.6 Å². The van der Waals surface area contributed by atoms with E-state index in [4.69, 9.17) is 0 Å². The number of benzene rings is 1. The normalized spacial score (nSPS) is 19.3. The molecule has 134 valence electrons. The summed E-state index contributed by atoms with van der Waals surface area (Å²) >= 11 is 0. The van der Waals surface area contributed by atoms with E-state index in [0.29, 0.717) is 17.8 Å². The predicted molar refractivity (Wildman–Crippen MR) is 98.7 cm³/mol. The molecule has 0 radical (unpaired) electrons. The summed E-state index contributed by atoms with van der Waals surface area (Å²) in [7, 11) is 0. The number of piperazine rings is 1. The number of hydrogen-bond donors (Lipinski definition) is 0. The highest BCUT2D eigenvalue weighted by Gasteiger charge is 2.41. The van der Waals surface area contributed by atoms with E-state index in [1.165, 1.54) is 4.90 Å². The summed E-state index contributed by atoms with van der Waals surface area (Å²) in [6, 6.07) is 9.61. The first kappa shape index (κ1) is 17.7. The second-order valence-corrected chi connectivity index (χ2v) is 6.63. The van der Waals surface area contributed by atoms with Gasteiger partial charge >= 0.3 is 0 Å². The molecule has 3 rings (SSSR count). The number of imide groups is 1. The van der Waals surface area contributed by atoms with Crippen LogP contribution < -0.4 is 0 Å². The molecule has 1 saturated heterocycles. The smallest absolute Gasteiger partial charge is 0.277 e. The van der Waals surface area contributed by atoms with Crippen LogP contribution in [-0.2, 0) is 9.59 Å². The highest BCUT2D eigenvalue weighted by atomic mass is 16.2. The maximum absolute atomic E-state index is 13.0. The Morgan fingerprint density at radius 3 is 2.20 bits per heavy atom. The maximum Gasteiger partial charge on any atom is 0.277 e. The third kappa shape index (κ3) is 3.47. The second kappa shape index (κ2) is 7.83. The molecule has 2 heterocycles. The van der Waals surface area contributed by atoms with Crippen LogP contribution in [0, 0.1) is 0 Å². The van der Waals surface area contributed by atoms with Gasteiger partial charge in [0.05, 0.1) is 5.57 Å². The fourth-order valence-corrected chi connectivity index (χ4v) is 3.53. The van der Waals surface area contributed by atoms with Crippen molar-refractivity contribution in [2.45, 2.75) is 26.7 Å². The molecule has 0 atom stereocenters. The van der Waals surface area contributed by atoms with Crippen molar-refractivity contribution in [2.75, 3.05) is 39.3 Å². The molecule has 5 heteroatoms. The largest absolute Gasteiger partial charge is 0.364 e. The summed E-state index contributed by atoms with van der Waals surface area (Å²) in [6.07, 6.45) is 1.80. The predicted octanol–water partition coefficient (Wildman–Crippen LogP) is 2.20. The van der Waals surface area contributed by atoms with Crippen LogP contribution in [0.15, 0.2) is 36.0 Å². The van der Waals surface area contributed by atoms with Crippen molar-refractivity contribution >= 4 is 17.4 Å². The molecule has 0 unspecified atom stereocenters. The quantitative estimate of drug-likeness (QED) is 0.744. The SMILES string of the molecule is CCCCN1C(=O)C(c2ccccc2)=C(N2CCN(CC)CC2)C1=O. The minimum Gasteiger partial charge on any atom is -0.364 e. The van der Waals surface area contributed by atoms with Crippen molar-refractivity contribution < 1.29 is 9.59 Å². The van der Waals surface area contributed by atoms with Gasteiger partial charge in [0.1, 0.15) is 5.70 Å². The molecule has 0 aromatic heterocycles. The summed E-state index contributed by atoms with van der Waals surface area (Å²) in [4.78, 5) is 32.0. The van der Waals surface area contributed by atoms with Gasteiger partial charge in [0, 0.05) is 32.7 Å². The van der Waals surface area contributed by atoms with Crippen LogP contribution in [0.2, 0.25) is 0 Å². The lowest BCUT2D eigenvalue weighted by atomic mass is 10.0. The Kier molecular flexibility index (Phi) is 5.53. The zero-order valence-corrected chi connectivity index (χ0v) is 15.2. The van der Waals surface area contributed by atoms with Crippen molar-refractivity contribution in [1.82, 2.24) is 14.7 Å². The molecule has 2 aliphatic rings. The van der Waals surface area contributed by atoms with E-state index < -0.39 is 0 Å². The van der Waals surface area contributed by atoms with E-state index in [0.717, 1.165) is 51.1 Å². The number of unbranched alkanes of at least 4 members (excludes halogenated alkanes) is 1. The Balaban J connectivity index is 1.95. The molecular formula is C20H27N3O2. The zero-order valence-electron chi connectivity index (χ0n) is 15.2. The lowest BCUT2D eigenvalue weighted by molar-refractivity contribution is -0.137. The van der Waals surface area contributed by atoms with Gasteiger partial charge in [0.25, 0.3) is 11.8 Å². The van der Waals surface area contributed by atoms with Gasteiger partial charge < -0.3 is 9.80 Å². The fourth-order valence-electron chi connectivity index (χ4n) is 3.53. The Morgan fingerprint density at radius 2 is 1.60 bits per heavy atom. The molecule has 1 fully saturated rings. The van der Waals surface area contributed by atoms with Crippen molar-refractivity contribution in [3.05, 3.63) is 41.6 Å². The maximum atomic E-state index is 13.0. The van der Waals surface area contributed by atoms with Gasteiger partial charge in [-0.15, -0.1) is 0 Å². The van der Waals surface area contributed by atoms with Gasteiger partial charge in [-0.05, 0) is 18.5 Å². The van der Waals surface area contributed by atoms with E-state index >= 15 is 0 Å². The van der Waals surface area contributed by atoms with Gasteiger partial charge in [-0.25, -0.2) is 0 Å². The van der Waals surface area contributed by atoms with Crippen LogP contribution in [-0.4, -0.2) is 65.8 Å². The average molecular weight is 341 g/mol. The highest BCUT2D eigenvalue weighted by molar-refractivity contribution is 6.35. The second-order valence-electron chi connectivity index (χ2n) is 6.63. The minimum absolute atomic E-state index is 0.123. The summed E-state index contributed by atoms with van der Waals surface area (Å²) < 4.78 is 0. The molecule has 2 amide bonds. The standard InChI is InChI=1S/C20H27N3O2/c1-3-5-11-23-19(24)17(16-9-7-6-8-10-16)18(20(23)25)22-14-12-21(4-2)13-15-22/h6-10H,3-5,11-15H2,1-2H3. The van der Waals surface area contributed by atoms with Gasteiger partial charge in [0.15, 0.2) is 0 Å². The molecule has 5 nitrogen and oxygen atoms in total. The highest BCUT2D eigenvalue weighted by Crippen LogP contribution is 2.32. The Hall–Kier alpha value is -2.14. The van der Waals surface area contributed by atoms with Crippen molar-refractivity contribution in [3.8, 4) is 0 Å². The summed E-state index contributed by atoms with van der Waals surface area (Å²) in [5, 5.41) is 0. The number of carbonyl (C=O) groups excluding carboxylic acids is 2. The minimum atomic E-state index is -0.141. The molecule has 0 aliphatic carbocycles. The number of rotatable bonds is 6. The van der Waals surface area contributed by atoms with Crippen LogP contribution in [0.4, 0.5) is 0 Å². The zero-order chi connectivity index (χ0) is 17.8. The molecular weight excluding hydrogens is 314 g/mol. The Morgan fingerprint density at radius 1 is 0.920 bits per heavy atom. The van der Waals surface area contributed by atoms with Crippen LogP contribution in [0.3, 0.4) is 0 Å². The Bertz CT molecular complexity index is 661. The van der Waals surface area contributed by atoms with Crippen LogP contribution in [0.1, 0.15) is 32.3 Å². The van der Waals surface area contributed by atoms with E-state index in [-0.39, 0.29) is 11.8 Å². The first-order valence-corrected chi connectivity index (χ1v) is 9.30. The van der Waals surface area contributed by atoms with E-state index in [1.807, 2.05) is 30.3 Å². The Labute approximate surface area is 149 Å². The third-order valence-corrected chi connectivity index (χ3v) is 5.08. The summed E-state index contributed by atoms with van der Waals surface area (Å²) in [5.74, 6) is -0.264. The summed E-state index contributed by atoms with van der Waals surface area (Å²) in [6.45, 7) is 9.19. The van der Waals surface area contributed by atoms with Crippen molar-refractivity contribution in [1.29, 1.82) is 0 Å². The first-order valence-electron chi connectivity index (χ1n) is 9.30. The summed E-state index contributed by atoms with van der Waals surface area (Å²) in [5.41, 5.74) is 2.02. The first-order chi connectivity index (χ1) is 12.2. The molecule has 0 spiro atoms. The van der Waals surface area contributed by atoms with E-state index in [2.05, 4.69) is 23.6 Å². The monoisotopic (exact) mass is 341 g/mol.